The van der Waals surface area contributed by atoms with Crippen LogP contribution in [0.1, 0.15) is 17.5 Å². The highest BCUT2D eigenvalue weighted by atomic mass is 32.3. The lowest BCUT2D eigenvalue weighted by atomic mass is 10.1. The summed E-state index contributed by atoms with van der Waals surface area (Å²) in [5, 5.41) is 0. The Labute approximate surface area is 124 Å². The molecule has 4 nitrogen and oxygen atoms in total. The van der Waals surface area contributed by atoms with E-state index in [-0.39, 0.29) is 24.2 Å². The third-order valence-electron chi connectivity index (χ3n) is 3.45. The Morgan fingerprint density at radius 2 is 1.95 bits per heavy atom. The number of nitrogens with zero attached hydrogens (tertiary/aromatic N) is 1. The maximum Gasteiger partial charge on any atom is 0.418 e. The van der Waals surface area contributed by atoms with Crippen molar-refractivity contribution >= 4 is 21.8 Å². The fraction of sp³-hybridized carbons (Fsp3) is 0.462. The molecule has 0 N–H and O–H groups in total. The van der Waals surface area contributed by atoms with Crippen LogP contribution in [0.5, 0.6) is 0 Å². The number of carbonyl (C=O) groups is 1. The van der Waals surface area contributed by atoms with Crippen molar-refractivity contribution in [3.63, 3.8) is 0 Å². The van der Waals surface area contributed by atoms with Crippen LogP contribution in [0.4, 0.5) is 22.7 Å². The maximum atomic E-state index is 13.1. The van der Waals surface area contributed by atoms with Crippen LogP contribution in [0.2, 0.25) is 0 Å². The summed E-state index contributed by atoms with van der Waals surface area (Å²) in [5.74, 6) is -2.38. The topological polar surface area (TPSA) is 54.5 Å². The van der Waals surface area contributed by atoms with Crippen LogP contribution in [-0.2, 0) is 21.2 Å². The smallest absolute Gasteiger partial charge is 0.311 e. The van der Waals surface area contributed by atoms with Gasteiger partial charge in [0.15, 0.2) is 0 Å². The molecule has 1 unspecified atom stereocenters. The van der Waals surface area contributed by atoms with Gasteiger partial charge in [0.05, 0.1) is 17.0 Å². The molecule has 1 amide bonds. The van der Waals surface area contributed by atoms with Crippen LogP contribution in [0.3, 0.4) is 0 Å². The van der Waals surface area contributed by atoms with E-state index in [1.165, 1.54) is 19.1 Å². The number of alkyl halides is 3. The number of halogens is 4. The molecule has 1 atom stereocenters. The molecule has 1 aromatic rings. The molecule has 22 heavy (non-hydrogen) atoms. The zero-order valence-electron chi connectivity index (χ0n) is 11.5. The number of hydrogen-bond donors (Lipinski definition) is 0. The fourth-order valence-electron chi connectivity index (χ4n) is 2.64. The van der Waals surface area contributed by atoms with Gasteiger partial charge in [0.1, 0.15) is 0 Å². The molecule has 1 aromatic carbocycles. The number of benzene rings is 1. The molecular weight excluding hydrogens is 326 g/mol. The lowest BCUT2D eigenvalue weighted by Gasteiger charge is -2.23. The standard InChI is InChI=1S/C13H13F4NO3S/c1-8-3-2-4-10(13(14,15)16)12(8)18-6-9(5-11(18)19)7-22(17,20)21/h2-4,9H,5-7H2,1H3. The molecule has 122 valence electrons. The van der Waals surface area contributed by atoms with E-state index < -0.39 is 39.5 Å². The molecule has 1 fully saturated rings. The Morgan fingerprint density at radius 3 is 2.50 bits per heavy atom. The summed E-state index contributed by atoms with van der Waals surface area (Å²) in [4.78, 5) is 12.8. The normalized spacial score (nSPS) is 19.8. The second-order valence-corrected chi connectivity index (χ2v) is 6.66. The Hall–Kier alpha value is -1.64. The molecule has 0 spiro atoms. The van der Waals surface area contributed by atoms with E-state index >= 15 is 0 Å². The van der Waals surface area contributed by atoms with E-state index in [4.69, 9.17) is 0 Å². The molecule has 0 radical (unpaired) electrons. The van der Waals surface area contributed by atoms with Gasteiger partial charge in [-0.15, -0.1) is 3.89 Å². The first-order chi connectivity index (χ1) is 9.99. The van der Waals surface area contributed by atoms with E-state index in [1.807, 2.05) is 0 Å². The van der Waals surface area contributed by atoms with Crippen LogP contribution in [0, 0.1) is 12.8 Å². The number of hydrogen-bond acceptors (Lipinski definition) is 3. The molecule has 9 heteroatoms. The largest absolute Gasteiger partial charge is 0.418 e. The SMILES string of the molecule is Cc1cccc(C(F)(F)F)c1N1CC(CS(=O)(=O)F)CC1=O. The number of aryl methyl sites for hydroxylation is 1. The van der Waals surface area contributed by atoms with Crippen LogP contribution in [0.25, 0.3) is 0 Å². The van der Waals surface area contributed by atoms with Crippen LogP contribution < -0.4 is 4.90 Å². The van der Waals surface area contributed by atoms with Gasteiger partial charge >= 0.3 is 16.4 Å². The molecule has 0 saturated carbocycles. The van der Waals surface area contributed by atoms with Crippen molar-refractivity contribution in [2.45, 2.75) is 19.5 Å². The molecule has 0 bridgehead atoms. The minimum atomic E-state index is -4.79. The summed E-state index contributed by atoms with van der Waals surface area (Å²) in [6.45, 7) is 1.17. The summed E-state index contributed by atoms with van der Waals surface area (Å²) in [5.41, 5.74) is -1.02. The molecule has 0 aromatic heterocycles. The number of para-hydroxylation sites is 1. The van der Waals surface area contributed by atoms with E-state index in [0.29, 0.717) is 0 Å². The molecule has 1 saturated heterocycles. The van der Waals surface area contributed by atoms with Crippen molar-refractivity contribution < 1.29 is 30.3 Å². The van der Waals surface area contributed by atoms with Gasteiger partial charge in [-0.3, -0.25) is 4.79 Å². The fourth-order valence-corrected chi connectivity index (χ4v) is 3.42. The molecule has 1 aliphatic rings. The maximum absolute atomic E-state index is 13.1. The molecule has 0 aliphatic carbocycles. The Balaban J connectivity index is 2.39. The predicted octanol–water partition coefficient (Wildman–Crippen LogP) is 2.67. The molecule has 1 aliphatic heterocycles. The monoisotopic (exact) mass is 339 g/mol. The number of carbonyl (C=O) groups excluding carboxylic acids is 1. The minimum absolute atomic E-state index is 0.243. The van der Waals surface area contributed by atoms with Gasteiger partial charge in [-0.05, 0) is 18.6 Å². The zero-order valence-corrected chi connectivity index (χ0v) is 12.3. The average molecular weight is 339 g/mol. The predicted molar refractivity (Wildman–Crippen MR) is 71.5 cm³/mol. The molecule has 1 heterocycles. The highest BCUT2D eigenvalue weighted by Crippen LogP contribution is 2.40. The second kappa shape index (κ2) is 5.53. The third kappa shape index (κ3) is 3.57. The summed E-state index contributed by atoms with van der Waals surface area (Å²) >= 11 is 0. The summed E-state index contributed by atoms with van der Waals surface area (Å²) in [6.07, 6.45) is -4.94. The van der Waals surface area contributed by atoms with Crippen molar-refractivity contribution in [1.82, 2.24) is 0 Å². The lowest BCUT2D eigenvalue weighted by molar-refractivity contribution is -0.137. The highest BCUT2D eigenvalue weighted by molar-refractivity contribution is 7.86. The van der Waals surface area contributed by atoms with E-state index in [1.54, 1.807) is 0 Å². The Bertz CT molecular complexity index is 700. The van der Waals surface area contributed by atoms with Gasteiger partial charge in [-0.1, -0.05) is 12.1 Å². The summed E-state index contributed by atoms with van der Waals surface area (Å²) in [7, 11) is -4.79. The van der Waals surface area contributed by atoms with Gasteiger partial charge < -0.3 is 4.90 Å². The minimum Gasteiger partial charge on any atom is -0.311 e. The van der Waals surface area contributed by atoms with Crippen molar-refractivity contribution in [2.24, 2.45) is 5.92 Å². The third-order valence-corrected chi connectivity index (χ3v) is 4.32. The first kappa shape index (κ1) is 16.7. The first-order valence-electron chi connectivity index (χ1n) is 6.38. The Morgan fingerprint density at radius 1 is 1.32 bits per heavy atom. The summed E-state index contributed by atoms with van der Waals surface area (Å²) < 4.78 is 73.3. The Kier molecular flexibility index (Phi) is 4.20. The number of rotatable bonds is 3. The van der Waals surface area contributed by atoms with Crippen molar-refractivity contribution in [3.8, 4) is 0 Å². The highest BCUT2D eigenvalue weighted by Gasteiger charge is 2.40. The van der Waals surface area contributed by atoms with Crippen LogP contribution in [-0.4, -0.2) is 26.6 Å². The lowest BCUT2D eigenvalue weighted by Crippen LogP contribution is -2.28. The quantitative estimate of drug-likeness (QED) is 0.628. The van der Waals surface area contributed by atoms with Gasteiger partial charge in [0, 0.05) is 18.9 Å². The van der Waals surface area contributed by atoms with Crippen molar-refractivity contribution in [3.05, 3.63) is 29.3 Å². The first-order valence-corrected chi connectivity index (χ1v) is 7.94. The second-order valence-electron chi connectivity index (χ2n) is 5.25. The van der Waals surface area contributed by atoms with Crippen LogP contribution in [0.15, 0.2) is 18.2 Å². The van der Waals surface area contributed by atoms with Gasteiger partial charge in [0.25, 0.3) is 0 Å². The average Bonchev–Trinajstić information content (AvgIpc) is 2.65. The zero-order chi connectivity index (χ0) is 16.7. The number of anilines is 1. The number of amides is 1. The summed E-state index contributed by atoms with van der Waals surface area (Å²) in [6, 6.07) is 3.51. The van der Waals surface area contributed by atoms with Gasteiger partial charge in [0.2, 0.25) is 5.91 Å². The molecule has 2 rings (SSSR count). The molecular formula is C13H13F4NO3S. The van der Waals surface area contributed by atoms with E-state index in [9.17, 15) is 30.3 Å². The van der Waals surface area contributed by atoms with Crippen molar-refractivity contribution in [2.75, 3.05) is 17.2 Å². The van der Waals surface area contributed by atoms with E-state index in [2.05, 4.69) is 0 Å². The van der Waals surface area contributed by atoms with Crippen LogP contribution >= 0.6 is 0 Å². The van der Waals surface area contributed by atoms with Gasteiger partial charge in [-0.2, -0.15) is 21.6 Å². The van der Waals surface area contributed by atoms with Crippen molar-refractivity contribution in [1.29, 1.82) is 0 Å². The van der Waals surface area contributed by atoms with Gasteiger partial charge in [-0.25, -0.2) is 0 Å². The van der Waals surface area contributed by atoms with E-state index in [0.717, 1.165) is 11.0 Å².